The first-order chi connectivity index (χ1) is 13.4. The lowest BCUT2D eigenvalue weighted by atomic mass is 10.1. The summed E-state index contributed by atoms with van der Waals surface area (Å²) in [5.74, 6) is 1.29. The van der Waals surface area contributed by atoms with Gasteiger partial charge in [-0.25, -0.2) is 13.6 Å². The van der Waals surface area contributed by atoms with Crippen molar-refractivity contribution in [2.75, 3.05) is 5.32 Å². The Morgan fingerprint density at radius 3 is 2.07 bits per heavy atom. The Labute approximate surface area is 164 Å². The number of nitrogens with one attached hydrogen (secondary N) is 1. The molecule has 0 heterocycles. The van der Waals surface area contributed by atoms with Gasteiger partial charge in [0.2, 0.25) is 15.9 Å². The molecule has 0 saturated heterocycles. The van der Waals surface area contributed by atoms with Crippen LogP contribution in [0.5, 0.6) is 11.5 Å². The van der Waals surface area contributed by atoms with Gasteiger partial charge in [-0.3, -0.25) is 4.79 Å². The van der Waals surface area contributed by atoms with Crippen LogP contribution in [0.3, 0.4) is 0 Å². The van der Waals surface area contributed by atoms with Crippen LogP contribution in [0.15, 0.2) is 83.8 Å². The van der Waals surface area contributed by atoms with Crippen LogP contribution in [-0.2, 0) is 21.2 Å². The van der Waals surface area contributed by atoms with Crippen molar-refractivity contribution < 1.29 is 17.9 Å². The number of amides is 1. The van der Waals surface area contributed by atoms with E-state index in [0.717, 1.165) is 11.3 Å². The van der Waals surface area contributed by atoms with Crippen molar-refractivity contribution in [2.45, 2.75) is 17.7 Å². The Hall–Kier alpha value is -3.16. The van der Waals surface area contributed by atoms with Crippen molar-refractivity contribution in [2.24, 2.45) is 5.14 Å². The summed E-state index contributed by atoms with van der Waals surface area (Å²) in [7, 11) is -3.70. The minimum atomic E-state index is -3.70. The molecular weight excluding hydrogens is 376 g/mol. The standard InChI is InChI=1S/C21H20N2O4S/c22-28(25,26)20-13-6-16(7-14-20)8-15-21(24)23-17-9-11-19(12-10-17)27-18-4-2-1-3-5-18/h1-7,9-14H,8,15H2,(H,23,24)(H2,22,25,26). The number of ether oxygens (including phenoxy) is 1. The average molecular weight is 396 g/mol. The van der Waals surface area contributed by atoms with Crippen molar-refractivity contribution in [3.63, 3.8) is 0 Å². The zero-order chi connectivity index (χ0) is 20.0. The first-order valence-electron chi connectivity index (χ1n) is 8.65. The van der Waals surface area contributed by atoms with Gasteiger partial charge in [0.25, 0.3) is 0 Å². The van der Waals surface area contributed by atoms with Gasteiger partial charge in [-0.1, -0.05) is 30.3 Å². The van der Waals surface area contributed by atoms with Gasteiger partial charge in [0.1, 0.15) is 11.5 Å². The molecule has 3 aromatic rings. The molecule has 0 spiro atoms. The molecule has 3 N–H and O–H groups in total. The molecule has 0 aliphatic heterocycles. The lowest BCUT2D eigenvalue weighted by Crippen LogP contribution is -2.13. The second-order valence-electron chi connectivity index (χ2n) is 6.18. The van der Waals surface area contributed by atoms with Gasteiger partial charge in [-0.15, -0.1) is 0 Å². The fourth-order valence-corrected chi connectivity index (χ4v) is 3.07. The van der Waals surface area contributed by atoms with Crippen molar-refractivity contribution in [1.29, 1.82) is 0 Å². The largest absolute Gasteiger partial charge is 0.457 e. The van der Waals surface area contributed by atoms with Crippen molar-refractivity contribution in [3.8, 4) is 11.5 Å². The summed E-state index contributed by atoms with van der Waals surface area (Å²) in [5, 5.41) is 7.90. The fraction of sp³-hybridized carbons (Fsp3) is 0.0952. The van der Waals surface area contributed by atoms with Crippen LogP contribution < -0.4 is 15.2 Å². The SMILES string of the molecule is NS(=O)(=O)c1ccc(CCC(=O)Nc2ccc(Oc3ccccc3)cc2)cc1. The molecule has 3 aromatic carbocycles. The van der Waals surface area contributed by atoms with Gasteiger partial charge in [-0.2, -0.15) is 0 Å². The van der Waals surface area contributed by atoms with Crippen molar-refractivity contribution in [1.82, 2.24) is 0 Å². The van der Waals surface area contributed by atoms with Crippen LogP contribution in [0, 0.1) is 0 Å². The lowest BCUT2D eigenvalue weighted by Gasteiger charge is -2.08. The van der Waals surface area contributed by atoms with Gasteiger partial charge in [0, 0.05) is 12.1 Å². The Balaban J connectivity index is 1.50. The van der Waals surface area contributed by atoms with Crippen LogP contribution in [-0.4, -0.2) is 14.3 Å². The summed E-state index contributed by atoms with van der Waals surface area (Å²) in [6.45, 7) is 0. The zero-order valence-corrected chi connectivity index (χ0v) is 15.9. The van der Waals surface area contributed by atoms with E-state index in [1.165, 1.54) is 12.1 Å². The summed E-state index contributed by atoms with van der Waals surface area (Å²) >= 11 is 0. The van der Waals surface area contributed by atoms with E-state index in [2.05, 4.69) is 5.32 Å². The summed E-state index contributed by atoms with van der Waals surface area (Å²) < 4.78 is 28.2. The molecule has 144 valence electrons. The maximum Gasteiger partial charge on any atom is 0.238 e. The Morgan fingerprint density at radius 1 is 0.857 bits per heavy atom. The molecule has 28 heavy (non-hydrogen) atoms. The van der Waals surface area contributed by atoms with Crippen LogP contribution in [0.1, 0.15) is 12.0 Å². The van der Waals surface area contributed by atoms with Crippen molar-refractivity contribution in [3.05, 3.63) is 84.4 Å². The highest BCUT2D eigenvalue weighted by Gasteiger charge is 2.08. The number of carbonyl (C=O) groups excluding carboxylic acids is 1. The second kappa shape index (κ2) is 8.69. The van der Waals surface area contributed by atoms with E-state index < -0.39 is 10.0 Å². The first-order valence-corrected chi connectivity index (χ1v) is 10.2. The Morgan fingerprint density at radius 2 is 1.46 bits per heavy atom. The van der Waals surface area contributed by atoms with E-state index in [1.54, 1.807) is 36.4 Å². The predicted octanol–water partition coefficient (Wildman–Crippen LogP) is 3.70. The van der Waals surface area contributed by atoms with Gasteiger partial charge in [-0.05, 0) is 60.5 Å². The van der Waals surface area contributed by atoms with E-state index in [-0.39, 0.29) is 17.2 Å². The normalized spacial score (nSPS) is 11.0. The van der Waals surface area contributed by atoms with Crippen LogP contribution in [0.2, 0.25) is 0 Å². The number of nitrogens with two attached hydrogens (primary N) is 1. The smallest absolute Gasteiger partial charge is 0.238 e. The van der Waals surface area contributed by atoms with E-state index in [1.807, 2.05) is 30.3 Å². The molecule has 7 heteroatoms. The Kier molecular flexibility index (Phi) is 6.08. The highest BCUT2D eigenvalue weighted by molar-refractivity contribution is 7.89. The quantitative estimate of drug-likeness (QED) is 0.636. The first kappa shape index (κ1) is 19.6. The van der Waals surface area contributed by atoms with Gasteiger partial charge in [0.15, 0.2) is 0 Å². The van der Waals surface area contributed by atoms with Crippen LogP contribution >= 0.6 is 0 Å². The maximum absolute atomic E-state index is 12.1. The third-order valence-corrected chi connectivity index (χ3v) is 4.94. The minimum absolute atomic E-state index is 0.0542. The van der Waals surface area contributed by atoms with E-state index in [9.17, 15) is 13.2 Å². The molecular formula is C21H20N2O4S. The summed E-state index contributed by atoms with van der Waals surface area (Å²) in [6, 6.07) is 22.8. The molecule has 0 radical (unpaired) electrons. The molecule has 0 aliphatic carbocycles. The number of primary sulfonamides is 1. The number of benzene rings is 3. The highest BCUT2D eigenvalue weighted by Crippen LogP contribution is 2.22. The van der Waals surface area contributed by atoms with Gasteiger partial charge < -0.3 is 10.1 Å². The summed E-state index contributed by atoms with van der Waals surface area (Å²) in [5.41, 5.74) is 1.53. The minimum Gasteiger partial charge on any atom is -0.457 e. The molecule has 0 fully saturated rings. The van der Waals surface area contributed by atoms with Crippen molar-refractivity contribution >= 4 is 21.6 Å². The third kappa shape index (κ3) is 5.67. The number of hydrogen-bond acceptors (Lipinski definition) is 4. The molecule has 0 aliphatic rings. The van der Waals surface area contributed by atoms with Gasteiger partial charge >= 0.3 is 0 Å². The van der Waals surface area contributed by atoms with E-state index >= 15 is 0 Å². The van der Waals surface area contributed by atoms with E-state index in [0.29, 0.717) is 17.9 Å². The average Bonchev–Trinajstić information content (AvgIpc) is 2.68. The topological polar surface area (TPSA) is 98.5 Å². The number of aryl methyl sites for hydroxylation is 1. The maximum atomic E-state index is 12.1. The van der Waals surface area contributed by atoms with E-state index in [4.69, 9.17) is 9.88 Å². The third-order valence-electron chi connectivity index (χ3n) is 4.01. The highest BCUT2D eigenvalue weighted by atomic mass is 32.2. The number of carbonyl (C=O) groups is 1. The lowest BCUT2D eigenvalue weighted by molar-refractivity contribution is -0.116. The number of hydrogen-bond donors (Lipinski definition) is 2. The summed E-state index contributed by atoms with van der Waals surface area (Å²) in [6.07, 6.45) is 0.767. The van der Waals surface area contributed by atoms with Gasteiger partial charge in [0.05, 0.1) is 4.90 Å². The molecule has 0 atom stereocenters. The molecule has 0 aromatic heterocycles. The number of rotatable bonds is 7. The predicted molar refractivity (Wildman–Crippen MR) is 108 cm³/mol. The monoisotopic (exact) mass is 396 g/mol. The fourth-order valence-electron chi connectivity index (χ4n) is 2.56. The molecule has 6 nitrogen and oxygen atoms in total. The summed E-state index contributed by atoms with van der Waals surface area (Å²) in [4.78, 5) is 12.2. The molecule has 0 unspecified atom stereocenters. The van der Waals surface area contributed by atoms with Crippen LogP contribution in [0.4, 0.5) is 5.69 Å². The number of para-hydroxylation sites is 1. The molecule has 0 bridgehead atoms. The molecule has 0 saturated carbocycles. The number of anilines is 1. The van der Waals surface area contributed by atoms with Crippen LogP contribution in [0.25, 0.3) is 0 Å². The number of sulfonamides is 1. The second-order valence-corrected chi connectivity index (χ2v) is 7.74. The molecule has 3 rings (SSSR count). The molecule has 1 amide bonds. The zero-order valence-electron chi connectivity index (χ0n) is 15.0. The Bertz CT molecular complexity index is 1030.